The minimum atomic E-state index is -0.0878. The zero-order valence-corrected chi connectivity index (χ0v) is 13.8. The first-order valence-electron chi connectivity index (χ1n) is 7.39. The molecule has 1 aliphatic heterocycles. The maximum atomic E-state index is 11.6. The Hall–Kier alpha value is -0.770. The van der Waals surface area contributed by atoms with E-state index in [2.05, 4.69) is 4.90 Å². The van der Waals surface area contributed by atoms with Crippen molar-refractivity contribution in [2.45, 2.75) is 32.7 Å². The second-order valence-electron chi connectivity index (χ2n) is 5.53. The monoisotopic (exact) mass is 329 g/mol. The lowest BCUT2D eigenvalue weighted by Crippen LogP contribution is -2.36. The predicted molar refractivity (Wildman–Crippen MR) is 85.7 cm³/mol. The summed E-state index contributed by atoms with van der Waals surface area (Å²) in [6, 6.07) is 5.64. The quantitative estimate of drug-likeness (QED) is 0.759. The number of likely N-dealkylation sites (tertiary alicyclic amines) is 1. The van der Waals surface area contributed by atoms with E-state index in [1.165, 1.54) is 0 Å². The number of ether oxygens (including phenoxy) is 1. The van der Waals surface area contributed by atoms with Crippen LogP contribution in [0.3, 0.4) is 0 Å². The van der Waals surface area contributed by atoms with Gasteiger partial charge < -0.3 is 4.74 Å². The zero-order chi connectivity index (χ0) is 15.2. The number of carbonyl (C=O) groups excluding carboxylic acids is 1. The topological polar surface area (TPSA) is 29.5 Å². The van der Waals surface area contributed by atoms with Crippen LogP contribution in [0.15, 0.2) is 18.2 Å². The number of esters is 1. The van der Waals surface area contributed by atoms with E-state index in [0.29, 0.717) is 29.0 Å². The van der Waals surface area contributed by atoms with Crippen molar-refractivity contribution in [1.29, 1.82) is 0 Å². The number of hydrogen-bond donors (Lipinski definition) is 0. The van der Waals surface area contributed by atoms with Crippen LogP contribution >= 0.6 is 23.2 Å². The molecule has 21 heavy (non-hydrogen) atoms. The van der Waals surface area contributed by atoms with E-state index in [0.717, 1.165) is 38.0 Å². The van der Waals surface area contributed by atoms with Crippen LogP contribution in [0.2, 0.25) is 10.0 Å². The molecular weight excluding hydrogens is 309 g/mol. The fourth-order valence-electron chi connectivity index (χ4n) is 2.88. The third kappa shape index (κ3) is 5.50. The van der Waals surface area contributed by atoms with Crippen molar-refractivity contribution in [3.8, 4) is 0 Å². The molecule has 0 saturated carbocycles. The summed E-state index contributed by atoms with van der Waals surface area (Å²) in [4.78, 5) is 13.9. The molecule has 1 saturated heterocycles. The Morgan fingerprint density at radius 3 is 2.71 bits per heavy atom. The van der Waals surface area contributed by atoms with Crippen molar-refractivity contribution < 1.29 is 9.53 Å². The van der Waals surface area contributed by atoms with Gasteiger partial charge in [0, 0.05) is 29.6 Å². The van der Waals surface area contributed by atoms with Gasteiger partial charge >= 0.3 is 5.97 Å². The van der Waals surface area contributed by atoms with E-state index in [1.54, 1.807) is 6.07 Å². The maximum Gasteiger partial charge on any atom is 0.306 e. The summed E-state index contributed by atoms with van der Waals surface area (Å²) in [5, 5.41) is 1.33. The summed E-state index contributed by atoms with van der Waals surface area (Å²) in [5.74, 6) is 0.294. The van der Waals surface area contributed by atoms with Crippen LogP contribution in [0.4, 0.5) is 0 Å². The van der Waals surface area contributed by atoms with Gasteiger partial charge in [0.25, 0.3) is 0 Å². The third-order valence-corrected chi connectivity index (χ3v) is 4.13. The van der Waals surface area contributed by atoms with Gasteiger partial charge in [-0.05, 0) is 56.0 Å². The molecule has 0 radical (unpaired) electrons. The van der Waals surface area contributed by atoms with Gasteiger partial charge in [-0.25, -0.2) is 0 Å². The highest BCUT2D eigenvalue weighted by molar-refractivity contribution is 6.34. The van der Waals surface area contributed by atoms with Crippen molar-refractivity contribution in [3.05, 3.63) is 33.8 Å². The van der Waals surface area contributed by atoms with Crippen molar-refractivity contribution in [2.24, 2.45) is 5.92 Å². The second kappa shape index (κ2) is 8.02. The molecule has 0 N–H and O–H groups in total. The summed E-state index contributed by atoms with van der Waals surface area (Å²) >= 11 is 12.1. The molecule has 1 aromatic rings. The number of rotatable bonds is 5. The highest BCUT2D eigenvalue weighted by Crippen LogP contribution is 2.24. The highest BCUT2D eigenvalue weighted by atomic mass is 35.5. The minimum absolute atomic E-state index is 0.0878. The number of piperidine rings is 1. The van der Waals surface area contributed by atoms with Gasteiger partial charge in [-0.1, -0.05) is 23.2 Å². The fraction of sp³-hybridized carbons (Fsp3) is 0.562. The van der Waals surface area contributed by atoms with E-state index >= 15 is 0 Å². The van der Waals surface area contributed by atoms with Crippen LogP contribution in [-0.2, 0) is 16.1 Å². The molecule has 0 aromatic heterocycles. The minimum Gasteiger partial charge on any atom is -0.466 e. The number of benzene rings is 1. The first-order valence-corrected chi connectivity index (χ1v) is 8.15. The molecule has 1 fully saturated rings. The summed E-state index contributed by atoms with van der Waals surface area (Å²) < 4.78 is 5.04. The van der Waals surface area contributed by atoms with Gasteiger partial charge in [0.05, 0.1) is 6.61 Å². The van der Waals surface area contributed by atoms with Crippen LogP contribution in [0.25, 0.3) is 0 Å². The Balaban J connectivity index is 1.90. The number of hydrogen-bond acceptors (Lipinski definition) is 3. The van der Waals surface area contributed by atoms with Gasteiger partial charge in [-0.15, -0.1) is 0 Å². The summed E-state index contributed by atoms with van der Waals surface area (Å²) in [6.45, 7) is 5.08. The Kier molecular flexibility index (Phi) is 6.34. The number of carbonyl (C=O) groups is 1. The summed E-state index contributed by atoms with van der Waals surface area (Å²) in [7, 11) is 0. The van der Waals surface area contributed by atoms with Crippen LogP contribution in [0, 0.1) is 5.92 Å². The average molecular weight is 330 g/mol. The van der Waals surface area contributed by atoms with Gasteiger partial charge in [0.15, 0.2) is 0 Å². The average Bonchev–Trinajstić information content (AvgIpc) is 2.37. The molecule has 1 aliphatic rings. The molecule has 1 unspecified atom stereocenters. The van der Waals surface area contributed by atoms with E-state index in [4.69, 9.17) is 27.9 Å². The molecule has 5 heteroatoms. The highest BCUT2D eigenvalue weighted by Gasteiger charge is 2.22. The van der Waals surface area contributed by atoms with Gasteiger partial charge in [0.1, 0.15) is 0 Å². The number of nitrogens with zero attached hydrogens (tertiary/aromatic N) is 1. The van der Waals surface area contributed by atoms with Crippen LogP contribution in [0.1, 0.15) is 31.7 Å². The molecule has 0 spiro atoms. The van der Waals surface area contributed by atoms with Crippen LogP contribution in [0.5, 0.6) is 0 Å². The van der Waals surface area contributed by atoms with E-state index in [-0.39, 0.29) is 5.97 Å². The largest absolute Gasteiger partial charge is 0.466 e. The molecule has 2 rings (SSSR count). The molecule has 1 aromatic carbocycles. The molecule has 116 valence electrons. The van der Waals surface area contributed by atoms with Gasteiger partial charge in [-0.2, -0.15) is 0 Å². The van der Waals surface area contributed by atoms with Crippen LogP contribution < -0.4 is 0 Å². The van der Waals surface area contributed by atoms with E-state index in [1.807, 2.05) is 19.1 Å². The van der Waals surface area contributed by atoms with Crippen molar-refractivity contribution in [3.63, 3.8) is 0 Å². The molecule has 1 heterocycles. The van der Waals surface area contributed by atoms with Crippen molar-refractivity contribution in [2.75, 3.05) is 19.7 Å². The molecule has 0 amide bonds. The van der Waals surface area contributed by atoms with Crippen LogP contribution in [-0.4, -0.2) is 30.6 Å². The molecule has 1 atom stereocenters. The van der Waals surface area contributed by atoms with Gasteiger partial charge in [0.2, 0.25) is 0 Å². The maximum absolute atomic E-state index is 11.6. The lowest BCUT2D eigenvalue weighted by molar-refractivity contribution is -0.144. The summed E-state index contributed by atoms with van der Waals surface area (Å²) in [5.41, 5.74) is 1.12. The normalized spacial score (nSPS) is 19.5. The Morgan fingerprint density at radius 1 is 1.33 bits per heavy atom. The summed E-state index contributed by atoms with van der Waals surface area (Å²) in [6.07, 6.45) is 2.71. The molecule has 3 nitrogen and oxygen atoms in total. The molecular formula is C16H21Cl2NO2. The molecule has 0 aliphatic carbocycles. The number of halogens is 2. The smallest absolute Gasteiger partial charge is 0.306 e. The lowest BCUT2D eigenvalue weighted by Gasteiger charge is -2.32. The Morgan fingerprint density at radius 2 is 2.05 bits per heavy atom. The third-order valence-electron chi connectivity index (χ3n) is 3.69. The first-order chi connectivity index (χ1) is 10.1. The molecule has 0 bridgehead atoms. The Labute approximate surface area is 136 Å². The second-order valence-corrected chi connectivity index (χ2v) is 6.40. The first kappa shape index (κ1) is 16.6. The van der Waals surface area contributed by atoms with Crippen molar-refractivity contribution in [1.82, 2.24) is 4.90 Å². The SMILES string of the molecule is CCOC(=O)CC1CCCN(Cc2cc(Cl)cc(Cl)c2)C1. The van der Waals surface area contributed by atoms with E-state index in [9.17, 15) is 4.79 Å². The standard InChI is InChI=1S/C16H21Cl2NO2/c1-2-21-16(20)8-12-4-3-5-19(10-12)11-13-6-14(17)9-15(18)7-13/h6-7,9,12H,2-5,8,10-11H2,1H3. The van der Waals surface area contributed by atoms with E-state index < -0.39 is 0 Å². The van der Waals surface area contributed by atoms with Gasteiger partial charge in [-0.3, -0.25) is 9.69 Å². The predicted octanol–water partition coefficient (Wildman–Crippen LogP) is 4.16. The van der Waals surface area contributed by atoms with Crippen molar-refractivity contribution >= 4 is 29.2 Å². The Bertz CT molecular complexity index is 473. The lowest BCUT2D eigenvalue weighted by atomic mass is 9.94. The fourth-order valence-corrected chi connectivity index (χ4v) is 3.45. The zero-order valence-electron chi connectivity index (χ0n) is 12.3.